The van der Waals surface area contributed by atoms with Crippen LogP contribution in [0.3, 0.4) is 0 Å². The van der Waals surface area contributed by atoms with Gasteiger partial charge < -0.3 is 20.8 Å². The van der Waals surface area contributed by atoms with E-state index in [1.54, 1.807) is 6.07 Å². The molecule has 0 aliphatic heterocycles. The van der Waals surface area contributed by atoms with Crippen molar-refractivity contribution in [1.29, 1.82) is 0 Å². The van der Waals surface area contributed by atoms with Gasteiger partial charge in [0.2, 0.25) is 5.91 Å². The van der Waals surface area contributed by atoms with Crippen molar-refractivity contribution >= 4 is 11.8 Å². The van der Waals surface area contributed by atoms with Gasteiger partial charge in [-0.15, -0.1) is 0 Å². The normalized spacial score (nSPS) is 10.1. The molecule has 0 atom stereocenters. The zero-order chi connectivity index (χ0) is 13.4. The summed E-state index contributed by atoms with van der Waals surface area (Å²) in [6, 6.07) is 1.74. The SMILES string of the molecule is Cc1ccoc1C(=O)NCCCNC(=O)CCN. The van der Waals surface area contributed by atoms with Crippen LogP contribution in [0.1, 0.15) is 29.0 Å². The smallest absolute Gasteiger partial charge is 0.287 e. The molecule has 1 aromatic rings. The summed E-state index contributed by atoms with van der Waals surface area (Å²) < 4.78 is 5.06. The molecule has 0 radical (unpaired) electrons. The average molecular weight is 253 g/mol. The highest BCUT2D eigenvalue weighted by Crippen LogP contribution is 2.07. The highest BCUT2D eigenvalue weighted by Gasteiger charge is 2.11. The van der Waals surface area contributed by atoms with Crippen LogP contribution in [0.25, 0.3) is 0 Å². The fraction of sp³-hybridized carbons (Fsp3) is 0.500. The summed E-state index contributed by atoms with van der Waals surface area (Å²) in [5, 5.41) is 5.43. The second-order valence-electron chi connectivity index (χ2n) is 3.93. The van der Waals surface area contributed by atoms with Crippen LogP contribution >= 0.6 is 0 Å². The highest BCUT2D eigenvalue weighted by molar-refractivity contribution is 5.92. The lowest BCUT2D eigenvalue weighted by atomic mass is 10.2. The van der Waals surface area contributed by atoms with Crippen LogP contribution in [0.5, 0.6) is 0 Å². The van der Waals surface area contributed by atoms with Gasteiger partial charge >= 0.3 is 0 Å². The molecule has 4 N–H and O–H groups in total. The summed E-state index contributed by atoms with van der Waals surface area (Å²) in [6.45, 7) is 3.17. The fourth-order valence-corrected chi connectivity index (χ4v) is 1.42. The van der Waals surface area contributed by atoms with Crippen molar-refractivity contribution in [2.24, 2.45) is 5.73 Å². The summed E-state index contributed by atoms with van der Waals surface area (Å²) >= 11 is 0. The first-order chi connectivity index (χ1) is 8.65. The number of hydrogen-bond donors (Lipinski definition) is 3. The van der Waals surface area contributed by atoms with Crippen LogP contribution < -0.4 is 16.4 Å². The number of amides is 2. The Hall–Kier alpha value is -1.82. The molecule has 18 heavy (non-hydrogen) atoms. The number of nitrogens with two attached hydrogens (primary N) is 1. The molecule has 0 aliphatic rings. The molecule has 100 valence electrons. The predicted molar refractivity (Wildman–Crippen MR) is 67.1 cm³/mol. The van der Waals surface area contributed by atoms with E-state index in [-0.39, 0.29) is 11.8 Å². The van der Waals surface area contributed by atoms with E-state index in [9.17, 15) is 9.59 Å². The molecule has 6 nitrogen and oxygen atoms in total. The third-order valence-electron chi connectivity index (χ3n) is 2.40. The third-order valence-corrected chi connectivity index (χ3v) is 2.40. The van der Waals surface area contributed by atoms with Crippen molar-refractivity contribution in [3.05, 3.63) is 23.7 Å². The van der Waals surface area contributed by atoms with Crippen LogP contribution in [0, 0.1) is 6.92 Å². The molecule has 1 rings (SSSR count). The van der Waals surface area contributed by atoms with Crippen LogP contribution in [0.15, 0.2) is 16.7 Å². The Bertz CT molecular complexity index is 401. The minimum atomic E-state index is -0.231. The van der Waals surface area contributed by atoms with E-state index >= 15 is 0 Å². The number of rotatable bonds is 7. The number of aryl methyl sites for hydroxylation is 1. The number of carbonyl (C=O) groups is 2. The van der Waals surface area contributed by atoms with Crippen LogP contribution in [-0.2, 0) is 4.79 Å². The van der Waals surface area contributed by atoms with Gasteiger partial charge in [-0.05, 0) is 19.4 Å². The maximum Gasteiger partial charge on any atom is 0.287 e. The van der Waals surface area contributed by atoms with E-state index < -0.39 is 0 Å². The molecule has 0 saturated carbocycles. The Labute approximate surface area is 106 Å². The molecule has 0 saturated heterocycles. The van der Waals surface area contributed by atoms with Crippen molar-refractivity contribution in [3.63, 3.8) is 0 Å². The number of hydrogen-bond acceptors (Lipinski definition) is 4. The molecule has 0 spiro atoms. The molecular formula is C12H19N3O3. The van der Waals surface area contributed by atoms with E-state index in [1.165, 1.54) is 6.26 Å². The van der Waals surface area contributed by atoms with Gasteiger partial charge in [-0.25, -0.2) is 0 Å². The Kier molecular flexibility index (Phi) is 5.93. The molecule has 1 aromatic heterocycles. The Balaban J connectivity index is 2.13. The lowest BCUT2D eigenvalue weighted by Gasteiger charge is -2.05. The van der Waals surface area contributed by atoms with E-state index in [1.807, 2.05) is 6.92 Å². The molecular weight excluding hydrogens is 234 g/mol. The van der Waals surface area contributed by atoms with E-state index in [0.29, 0.717) is 38.2 Å². The predicted octanol–water partition coefficient (Wildman–Crippen LogP) is 0.173. The molecule has 0 bridgehead atoms. The monoisotopic (exact) mass is 253 g/mol. The zero-order valence-electron chi connectivity index (χ0n) is 10.5. The molecule has 1 heterocycles. The largest absolute Gasteiger partial charge is 0.459 e. The summed E-state index contributed by atoms with van der Waals surface area (Å²) in [6.07, 6.45) is 2.48. The van der Waals surface area contributed by atoms with Gasteiger partial charge in [-0.1, -0.05) is 0 Å². The molecule has 2 amide bonds. The first-order valence-corrected chi connectivity index (χ1v) is 5.94. The number of carbonyl (C=O) groups excluding carboxylic acids is 2. The third kappa shape index (κ3) is 4.58. The fourth-order valence-electron chi connectivity index (χ4n) is 1.42. The Morgan fingerprint density at radius 2 is 2.06 bits per heavy atom. The lowest BCUT2D eigenvalue weighted by Crippen LogP contribution is -2.30. The lowest BCUT2D eigenvalue weighted by molar-refractivity contribution is -0.120. The summed E-state index contributed by atoms with van der Waals surface area (Å²) in [4.78, 5) is 22.7. The van der Waals surface area contributed by atoms with Crippen molar-refractivity contribution < 1.29 is 14.0 Å². The van der Waals surface area contributed by atoms with Gasteiger partial charge in [0.1, 0.15) is 0 Å². The molecule has 0 unspecified atom stereocenters. The molecule has 0 aliphatic carbocycles. The van der Waals surface area contributed by atoms with Gasteiger partial charge in [0.05, 0.1) is 6.26 Å². The second-order valence-corrected chi connectivity index (χ2v) is 3.93. The maximum atomic E-state index is 11.6. The van der Waals surface area contributed by atoms with Gasteiger partial charge in [-0.2, -0.15) is 0 Å². The van der Waals surface area contributed by atoms with Crippen LogP contribution in [0.4, 0.5) is 0 Å². The van der Waals surface area contributed by atoms with E-state index in [0.717, 1.165) is 5.56 Å². The average Bonchev–Trinajstić information content (AvgIpc) is 2.75. The maximum absolute atomic E-state index is 11.6. The summed E-state index contributed by atoms with van der Waals surface area (Å²) in [7, 11) is 0. The van der Waals surface area contributed by atoms with E-state index in [2.05, 4.69) is 10.6 Å². The summed E-state index contributed by atoms with van der Waals surface area (Å²) in [5.41, 5.74) is 6.05. The van der Waals surface area contributed by atoms with Gasteiger partial charge in [0.15, 0.2) is 5.76 Å². The van der Waals surface area contributed by atoms with Gasteiger partial charge in [0, 0.05) is 31.6 Å². The zero-order valence-corrected chi connectivity index (χ0v) is 10.5. The van der Waals surface area contributed by atoms with Crippen molar-refractivity contribution in [2.75, 3.05) is 19.6 Å². The number of furan rings is 1. The Morgan fingerprint density at radius 1 is 1.33 bits per heavy atom. The van der Waals surface area contributed by atoms with E-state index in [4.69, 9.17) is 10.2 Å². The van der Waals surface area contributed by atoms with Crippen molar-refractivity contribution in [3.8, 4) is 0 Å². The standard InChI is InChI=1S/C12H19N3O3/c1-9-4-8-18-11(9)12(17)15-7-2-6-14-10(16)3-5-13/h4,8H,2-3,5-7,13H2,1H3,(H,14,16)(H,15,17). The van der Waals surface area contributed by atoms with Crippen molar-refractivity contribution in [1.82, 2.24) is 10.6 Å². The van der Waals surface area contributed by atoms with Gasteiger partial charge in [-0.3, -0.25) is 9.59 Å². The minimum Gasteiger partial charge on any atom is -0.459 e. The minimum absolute atomic E-state index is 0.0642. The number of nitrogens with one attached hydrogen (secondary N) is 2. The molecule has 0 aromatic carbocycles. The van der Waals surface area contributed by atoms with Crippen molar-refractivity contribution in [2.45, 2.75) is 19.8 Å². The first-order valence-electron chi connectivity index (χ1n) is 5.94. The molecule has 0 fully saturated rings. The van der Waals surface area contributed by atoms with Gasteiger partial charge in [0.25, 0.3) is 5.91 Å². The first kappa shape index (κ1) is 14.2. The quantitative estimate of drug-likeness (QED) is 0.603. The Morgan fingerprint density at radius 3 is 2.67 bits per heavy atom. The summed E-state index contributed by atoms with van der Waals surface area (Å²) in [5.74, 6) is 0.0404. The second kappa shape index (κ2) is 7.50. The topological polar surface area (TPSA) is 97.4 Å². The van der Waals surface area contributed by atoms with Crippen LogP contribution in [0.2, 0.25) is 0 Å². The molecule has 6 heteroatoms. The highest BCUT2D eigenvalue weighted by atomic mass is 16.3. The van der Waals surface area contributed by atoms with Crippen LogP contribution in [-0.4, -0.2) is 31.4 Å².